The molecule has 0 fully saturated rings. The van der Waals surface area contributed by atoms with Crippen molar-refractivity contribution in [1.29, 1.82) is 0 Å². The topological polar surface area (TPSA) is 162 Å². The van der Waals surface area contributed by atoms with Gasteiger partial charge in [-0.2, -0.15) is 99.0 Å². The number of carbonyl (C=O) groups excluding carboxylic acids is 2. The summed E-state index contributed by atoms with van der Waals surface area (Å²) in [5, 5.41) is 4.92. The summed E-state index contributed by atoms with van der Waals surface area (Å²) >= 11 is 0.918. The Bertz CT molecular complexity index is 2090. The monoisotopic (exact) mass is 996 g/mol. The summed E-state index contributed by atoms with van der Waals surface area (Å²) in [5.41, 5.74) is 0. The van der Waals surface area contributed by atoms with Gasteiger partial charge in [0.1, 0.15) is 9.75 Å². The van der Waals surface area contributed by atoms with E-state index in [9.17, 15) is 88.6 Å². The Morgan fingerprint density at radius 1 is 0.625 bits per heavy atom. The minimum atomic E-state index is -4.81. The van der Waals surface area contributed by atoms with Crippen molar-refractivity contribution in [3.05, 3.63) is 46.2 Å². The second-order valence-corrected chi connectivity index (χ2v) is 13.2. The zero-order chi connectivity index (χ0) is 48.9. The quantitative estimate of drug-likeness (QED) is 0.0789. The third-order valence-corrected chi connectivity index (χ3v) is 8.24. The number of amides is 2. The highest BCUT2D eigenvalue weighted by Crippen LogP contribution is 2.38. The van der Waals surface area contributed by atoms with Crippen molar-refractivity contribution in [2.45, 2.75) is 37.1 Å². The normalized spacial score (nSPS) is 12.1. The van der Waals surface area contributed by atoms with Gasteiger partial charge in [0, 0.05) is 14.1 Å². The summed E-state index contributed by atoms with van der Waals surface area (Å²) in [5.74, 6) is -4.82. The van der Waals surface area contributed by atoms with Crippen LogP contribution in [0.2, 0.25) is 0 Å². The Morgan fingerprint density at radius 2 is 1.00 bits per heavy atom. The number of aliphatic imine (C=N–C) groups is 1. The second-order valence-electron chi connectivity index (χ2n) is 11.1. The number of halogens is 18. The lowest BCUT2D eigenvalue weighted by Gasteiger charge is -2.16. The minimum Gasteiger partial charge on any atom is -0.468 e. The predicted octanol–water partition coefficient (Wildman–Crippen LogP) is 10.2. The van der Waals surface area contributed by atoms with Gasteiger partial charge in [-0.15, -0.1) is 27.7 Å². The van der Waals surface area contributed by atoms with Gasteiger partial charge in [0.2, 0.25) is 35.5 Å². The lowest BCUT2D eigenvalue weighted by molar-refractivity contribution is -0.155. The van der Waals surface area contributed by atoms with E-state index in [2.05, 4.69) is 49.2 Å². The van der Waals surface area contributed by atoms with Gasteiger partial charge < -0.3 is 24.3 Å². The average Bonchev–Trinajstić information content (AvgIpc) is 3.86. The molecule has 2 amide bonds. The highest BCUT2D eigenvalue weighted by atomic mass is 32.1. The minimum absolute atomic E-state index is 0.173. The molecule has 4 rings (SSSR count). The van der Waals surface area contributed by atoms with E-state index in [0.717, 1.165) is 31.3 Å². The largest absolute Gasteiger partial charge is 0.468 e. The van der Waals surface area contributed by atoms with Crippen molar-refractivity contribution in [3.8, 4) is 23.5 Å². The third kappa shape index (κ3) is 21.4. The van der Waals surface area contributed by atoms with Gasteiger partial charge in [0.05, 0.1) is 22.1 Å². The lowest BCUT2D eigenvalue weighted by Crippen LogP contribution is -2.31. The summed E-state index contributed by atoms with van der Waals surface area (Å²) in [6.45, 7) is -7.20. The molecule has 0 spiro atoms. The van der Waals surface area contributed by atoms with Crippen molar-refractivity contribution in [2.75, 3.05) is 56.1 Å². The van der Waals surface area contributed by atoms with E-state index in [1.165, 1.54) is 6.07 Å². The summed E-state index contributed by atoms with van der Waals surface area (Å²) in [6.07, 6.45) is -26.9. The molecule has 0 radical (unpaired) electrons. The van der Waals surface area contributed by atoms with Gasteiger partial charge in [-0.25, -0.2) is 9.59 Å². The van der Waals surface area contributed by atoms with Crippen LogP contribution in [0.4, 0.5) is 106 Å². The molecule has 0 atom stereocenters. The fourth-order valence-electron chi connectivity index (χ4n) is 3.43. The number of alkyl halides is 18. The van der Waals surface area contributed by atoms with Crippen molar-refractivity contribution in [2.24, 2.45) is 4.99 Å². The Balaban J connectivity index is 0.000000374. The number of urea groups is 1. The second kappa shape index (κ2) is 22.0. The van der Waals surface area contributed by atoms with Gasteiger partial charge in [0.25, 0.3) is 5.95 Å². The molecule has 0 aromatic carbocycles. The van der Waals surface area contributed by atoms with E-state index < -0.39 is 115 Å². The predicted molar refractivity (Wildman–Crippen MR) is 184 cm³/mol. The molecule has 4 aromatic heterocycles. The number of hydrogen-bond acceptors (Lipinski definition) is 14. The maximum atomic E-state index is 12.7. The first-order valence-corrected chi connectivity index (χ1v) is 17.5. The average molecular weight is 997 g/mol. The van der Waals surface area contributed by atoms with Gasteiger partial charge >= 0.3 is 43.1 Å². The number of thiophene rings is 2. The summed E-state index contributed by atoms with van der Waals surface area (Å²) in [6, 6.07) is 4.16. The van der Waals surface area contributed by atoms with Gasteiger partial charge in [0.15, 0.2) is 26.4 Å². The number of ether oxygens (including phenoxy) is 4. The molecule has 0 saturated heterocycles. The van der Waals surface area contributed by atoms with Crippen LogP contribution in [0, 0.1) is 0 Å². The van der Waals surface area contributed by atoms with Crippen LogP contribution in [-0.2, 0) is 17.1 Å². The van der Waals surface area contributed by atoms with Gasteiger partial charge in [-0.05, 0) is 24.3 Å². The summed E-state index contributed by atoms with van der Waals surface area (Å²) in [4.78, 5) is 37.6. The van der Waals surface area contributed by atoms with E-state index in [0.29, 0.717) is 33.4 Å². The Morgan fingerprint density at radius 3 is 1.31 bits per heavy atom. The molecule has 2 N–H and O–H groups in total. The number of anilines is 3. The van der Waals surface area contributed by atoms with Crippen LogP contribution < -0.4 is 34.5 Å². The third-order valence-electron chi connectivity index (χ3n) is 5.88. The van der Waals surface area contributed by atoms with Crippen LogP contribution in [0.5, 0.6) is 23.5 Å². The number of rotatable bonds is 12. The highest BCUT2D eigenvalue weighted by Gasteiger charge is 2.35. The lowest BCUT2D eigenvalue weighted by atomic mass is 10.4. The molecular weight excluding hydrogens is 974 g/mol. The molecular formula is C30H22F18N8O6S2. The summed E-state index contributed by atoms with van der Waals surface area (Å²) < 4.78 is 237. The first-order valence-electron chi connectivity index (χ1n) is 15.9. The molecule has 0 saturated carbocycles. The van der Waals surface area contributed by atoms with Crippen LogP contribution in [-0.4, -0.2) is 97.3 Å². The van der Waals surface area contributed by atoms with Crippen LogP contribution >= 0.6 is 22.7 Å². The Kier molecular flexibility index (Phi) is 18.6. The van der Waals surface area contributed by atoms with E-state index in [4.69, 9.17) is 0 Å². The maximum absolute atomic E-state index is 12.7. The Labute approximate surface area is 351 Å². The molecule has 356 valence electrons. The van der Waals surface area contributed by atoms with E-state index in [1.807, 2.05) is 5.32 Å². The molecule has 0 aliphatic heterocycles. The smallest absolute Gasteiger partial charge is 0.425 e. The van der Waals surface area contributed by atoms with E-state index in [-0.39, 0.29) is 16.3 Å². The molecule has 64 heavy (non-hydrogen) atoms. The first kappa shape index (κ1) is 54.1. The number of carbonyl (C=O) groups is 1. The molecule has 34 heteroatoms. The van der Waals surface area contributed by atoms with Crippen LogP contribution in [0.15, 0.2) is 41.4 Å². The number of isocyanates is 1. The van der Waals surface area contributed by atoms with E-state index >= 15 is 0 Å². The maximum Gasteiger partial charge on any atom is 0.425 e. The Hall–Kier alpha value is -6.05. The van der Waals surface area contributed by atoms with Crippen molar-refractivity contribution in [1.82, 2.24) is 19.9 Å². The molecule has 0 aliphatic carbocycles. The zero-order valence-corrected chi connectivity index (χ0v) is 32.7. The highest BCUT2D eigenvalue weighted by molar-refractivity contribution is 7.16. The fourth-order valence-corrected chi connectivity index (χ4v) is 4.99. The zero-order valence-electron chi connectivity index (χ0n) is 31.0. The molecule has 14 nitrogen and oxygen atoms in total. The van der Waals surface area contributed by atoms with Crippen molar-refractivity contribution in [3.63, 3.8) is 0 Å². The van der Waals surface area contributed by atoms with Gasteiger partial charge in [-0.1, -0.05) is 0 Å². The number of nitrogens with one attached hydrogen (secondary N) is 2. The van der Waals surface area contributed by atoms with Crippen molar-refractivity contribution >= 4 is 56.7 Å². The van der Waals surface area contributed by atoms with Crippen LogP contribution in [0.25, 0.3) is 0 Å². The van der Waals surface area contributed by atoms with Crippen LogP contribution in [0.1, 0.15) is 9.75 Å². The SMILES string of the molecule is CN(C(=O)Nc1nc(OCC(F)(F)F)cc(OCC(F)(F)F)n1)c1ccc(C(F)(F)F)s1.CNc1ccc(C(F)(F)F)s1.O=C=Nc1nc(OCC(F)(F)F)cc(OCC(F)(F)F)n1. The van der Waals surface area contributed by atoms with E-state index in [1.54, 1.807) is 7.05 Å². The fraction of sp³-hybridized carbons (Fsp3) is 0.400. The standard InChI is InChI=1S/C15H11F9N4O3S.C9H5F6N3O3.C6H6F3NS/c1-28(10-3-2-7(32-10)15(22,23)24)12(29)27-11-25-8(30-5-13(16,17)18)4-9(26-11)31-6-14(19,20)21;10-8(11,12)2-20-5-1-6(21-3-9(13,14)15)18-7(17-5)16-4-19;1-10-5-3-2-4(11-5)6(7,8)9/h2-4H,5-6H2,1H3,(H,25,26,27,29);1H,2-3H2;2-3,10H,1H3. The molecule has 0 aliphatic rings. The van der Waals surface area contributed by atoms with Crippen LogP contribution in [0.3, 0.4) is 0 Å². The first-order chi connectivity index (χ1) is 29.2. The number of hydrogen-bond donors (Lipinski definition) is 2. The van der Waals surface area contributed by atoms with Gasteiger partial charge in [-0.3, -0.25) is 10.2 Å². The molecule has 4 aromatic rings. The number of nitrogens with zero attached hydrogens (tertiary/aromatic N) is 6. The molecule has 0 unspecified atom stereocenters. The summed E-state index contributed by atoms with van der Waals surface area (Å²) in [7, 11) is 2.65. The molecule has 0 bridgehead atoms. The molecule has 4 heterocycles. The van der Waals surface area contributed by atoms with Crippen molar-refractivity contribution < 1.29 is 108 Å². The number of aromatic nitrogens is 4.